The van der Waals surface area contributed by atoms with Crippen LogP contribution in [0.1, 0.15) is 28.2 Å². The Morgan fingerprint density at radius 1 is 0.852 bits per heavy atom. The van der Waals surface area contributed by atoms with Crippen molar-refractivity contribution >= 4 is 15.8 Å². The first-order chi connectivity index (χ1) is 13.0. The molecule has 4 nitrogen and oxygen atoms in total. The predicted octanol–water partition coefficient (Wildman–Crippen LogP) is 4.39. The molecule has 27 heavy (non-hydrogen) atoms. The highest BCUT2D eigenvalue weighted by Crippen LogP contribution is 2.38. The second-order valence-electron chi connectivity index (χ2n) is 6.51. The molecule has 3 aromatic rings. The fourth-order valence-electron chi connectivity index (χ4n) is 3.24. The quantitative estimate of drug-likeness (QED) is 0.670. The van der Waals surface area contributed by atoms with Gasteiger partial charge in [0.05, 0.1) is 10.6 Å². The first kappa shape index (κ1) is 17.5. The Balaban J connectivity index is 1.61. The van der Waals surface area contributed by atoms with E-state index < -0.39 is 10.1 Å². The Bertz CT molecular complexity index is 1090. The molecule has 136 valence electrons. The van der Waals surface area contributed by atoms with E-state index in [1.165, 1.54) is 12.1 Å². The van der Waals surface area contributed by atoms with E-state index in [9.17, 15) is 8.42 Å². The van der Waals surface area contributed by atoms with Crippen LogP contribution in [0.4, 0.5) is 0 Å². The smallest absolute Gasteiger partial charge is 0.249 e. The van der Waals surface area contributed by atoms with E-state index in [-0.39, 0.29) is 10.8 Å². The van der Waals surface area contributed by atoms with Gasteiger partial charge in [-0.2, -0.15) is 8.42 Å². The van der Waals surface area contributed by atoms with Gasteiger partial charge in [-0.1, -0.05) is 72.3 Å². The summed E-state index contributed by atoms with van der Waals surface area (Å²) in [6, 6.07) is 24.6. The maximum absolute atomic E-state index is 12.5. The summed E-state index contributed by atoms with van der Waals surface area (Å²) in [5.74, 6) is 0.0515. The molecule has 0 saturated carbocycles. The highest BCUT2D eigenvalue weighted by Gasteiger charge is 2.26. The first-order valence-electron chi connectivity index (χ1n) is 8.67. The van der Waals surface area contributed by atoms with Crippen LogP contribution in [0.2, 0.25) is 0 Å². The highest BCUT2D eigenvalue weighted by molar-refractivity contribution is 7.86. The number of hydrogen-bond acceptors (Lipinski definition) is 4. The molecule has 0 radical (unpaired) electrons. The lowest BCUT2D eigenvalue weighted by molar-refractivity contribution is 0.259. The summed E-state index contributed by atoms with van der Waals surface area (Å²) in [4.78, 5) is 0.118. The van der Waals surface area contributed by atoms with Gasteiger partial charge in [0.2, 0.25) is 0 Å². The Morgan fingerprint density at radius 2 is 1.52 bits per heavy atom. The van der Waals surface area contributed by atoms with E-state index >= 15 is 0 Å². The Labute approximate surface area is 159 Å². The van der Waals surface area contributed by atoms with Gasteiger partial charge < -0.3 is 0 Å². The van der Waals surface area contributed by atoms with Crippen molar-refractivity contribution in [3.05, 3.63) is 107 Å². The van der Waals surface area contributed by atoms with Gasteiger partial charge in [-0.25, -0.2) is 5.48 Å². The van der Waals surface area contributed by atoms with Crippen LogP contribution in [0.5, 0.6) is 0 Å². The average Bonchev–Trinajstić information content (AvgIpc) is 3.06. The zero-order valence-electron chi connectivity index (χ0n) is 14.8. The van der Waals surface area contributed by atoms with Gasteiger partial charge in [-0.05, 0) is 36.3 Å². The van der Waals surface area contributed by atoms with Crippen LogP contribution in [-0.4, -0.2) is 8.42 Å². The minimum absolute atomic E-state index is 0.0515. The van der Waals surface area contributed by atoms with Crippen molar-refractivity contribution in [2.24, 2.45) is 0 Å². The van der Waals surface area contributed by atoms with E-state index in [1.807, 2.05) is 55.5 Å². The lowest BCUT2D eigenvalue weighted by atomic mass is 9.93. The molecule has 0 aliphatic heterocycles. The third kappa shape index (κ3) is 3.52. The topological polar surface area (TPSA) is 55.4 Å². The number of nitrogens with one attached hydrogen (secondary N) is 1. The number of allylic oxidation sites excluding steroid dienone is 1. The molecule has 0 fully saturated rings. The molecule has 1 unspecified atom stereocenters. The molecule has 0 saturated heterocycles. The van der Waals surface area contributed by atoms with E-state index in [2.05, 4.69) is 17.6 Å². The third-order valence-electron chi connectivity index (χ3n) is 4.65. The van der Waals surface area contributed by atoms with Crippen LogP contribution in [0.3, 0.4) is 0 Å². The van der Waals surface area contributed by atoms with Crippen molar-refractivity contribution in [1.29, 1.82) is 0 Å². The van der Waals surface area contributed by atoms with Crippen LogP contribution >= 0.6 is 0 Å². The molecule has 0 spiro atoms. The van der Waals surface area contributed by atoms with E-state index in [4.69, 9.17) is 4.28 Å². The van der Waals surface area contributed by atoms with Gasteiger partial charge in [-0.3, -0.25) is 0 Å². The van der Waals surface area contributed by atoms with Crippen LogP contribution < -0.4 is 5.48 Å². The molecule has 1 N–H and O–H groups in total. The van der Waals surface area contributed by atoms with Gasteiger partial charge in [0, 0.05) is 11.5 Å². The molecule has 5 heteroatoms. The first-order valence-corrected chi connectivity index (χ1v) is 10.1. The number of rotatable bonds is 5. The van der Waals surface area contributed by atoms with Gasteiger partial charge in [-0.15, -0.1) is 4.28 Å². The molecule has 3 aromatic carbocycles. The maximum Gasteiger partial charge on any atom is 0.317 e. The van der Waals surface area contributed by atoms with Crippen molar-refractivity contribution < 1.29 is 12.7 Å². The van der Waals surface area contributed by atoms with Gasteiger partial charge in [0.15, 0.2) is 0 Å². The van der Waals surface area contributed by atoms with Crippen LogP contribution in [0, 0.1) is 6.92 Å². The fourth-order valence-corrected chi connectivity index (χ4v) is 4.00. The summed E-state index contributed by atoms with van der Waals surface area (Å²) in [6.45, 7) is 1.90. The zero-order chi connectivity index (χ0) is 18.9. The Hall–Kier alpha value is -2.89. The summed E-state index contributed by atoms with van der Waals surface area (Å²) < 4.78 is 30.0. The predicted molar refractivity (Wildman–Crippen MR) is 105 cm³/mol. The van der Waals surface area contributed by atoms with E-state index in [1.54, 1.807) is 12.1 Å². The second-order valence-corrected chi connectivity index (χ2v) is 8.05. The molecular formula is C22H19NO3S. The van der Waals surface area contributed by atoms with E-state index in [0.717, 1.165) is 22.3 Å². The lowest BCUT2D eigenvalue weighted by Gasteiger charge is -2.11. The summed E-state index contributed by atoms with van der Waals surface area (Å²) in [6.07, 6.45) is 1.99. The number of benzene rings is 3. The third-order valence-corrected chi connectivity index (χ3v) is 5.80. The average molecular weight is 377 g/mol. The molecule has 0 heterocycles. The van der Waals surface area contributed by atoms with Crippen molar-refractivity contribution in [3.8, 4) is 0 Å². The molecular weight excluding hydrogens is 358 g/mol. The minimum atomic E-state index is -3.90. The summed E-state index contributed by atoms with van der Waals surface area (Å²) in [5, 5.41) is 0. The van der Waals surface area contributed by atoms with Crippen LogP contribution in [0.15, 0.2) is 89.8 Å². The number of hydrogen-bond donors (Lipinski definition) is 1. The molecule has 0 aromatic heterocycles. The lowest BCUT2D eigenvalue weighted by Crippen LogP contribution is -2.18. The minimum Gasteiger partial charge on any atom is -0.249 e. The Morgan fingerprint density at radius 3 is 2.26 bits per heavy atom. The molecule has 1 aliphatic rings. The Kier molecular flexibility index (Phi) is 4.56. The molecule has 0 bridgehead atoms. The molecule has 0 amide bonds. The van der Waals surface area contributed by atoms with Crippen molar-refractivity contribution in [2.75, 3.05) is 0 Å². The summed E-state index contributed by atoms with van der Waals surface area (Å²) in [7, 11) is -3.90. The summed E-state index contributed by atoms with van der Waals surface area (Å²) in [5.41, 5.74) is 7.49. The largest absolute Gasteiger partial charge is 0.317 e. The van der Waals surface area contributed by atoms with Gasteiger partial charge in [0.25, 0.3) is 0 Å². The van der Waals surface area contributed by atoms with Crippen LogP contribution in [-0.2, 0) is 14.4 Å². The number of fused-ring (bicyclic) bond motifs is 1. The van der Waals surface area contributed by atoms with Crippen LogP contribution in [0.25, 0.3) is 5.70 Å². The number of hydroxylamine groups is 1. The second kappa shape index (κ2) is 7.02. The fraction of sp³-hybridized carbons (Fsp3) is 0.0909. The standard InChI is InChI=1S/C22H19NO3S/c1-16-11-13-18(14-12-16)27(24,25)26-23-22-15-21(17-7-3-2-4-8-17)19-9-5-6-10-20(19)22/h2-15,21,23H,1H3. The molecule has 1 atom stereocenters. The molecule has 4 rings (SSSR count). The van der Waals surface area contributed by atoms with Crippen molar-refractivity contribution in [1.82, 2.24) is 5.48 Å². The van der Waals surface area contributed by atoms with Gasteiger partial charge in [0.1, 0.15) is 0 Å². The summed E-state index contributed by atoms with van der Waals surface area (Å²) >= 11 is 0. The maximum atomic E-state index is 12.5. The van der Waals surface area contributed by atoms with Crippen molar-refractivity contribution in [2.45, 2.75) is 17.7 Å². The van der Waals surface area contributed by atoms with Gasteiger partial charge >= 0.3 is 10.1 Å². The van der Waals surface area contributed by atoms with E-state index in [0.29, 0.717) is 5.70 Å². The van der Waals surface area contributed by atoms with Crippen molar-refractivity contribution in [3.63, 3.8) is 0 Å². The number of aryl methyl sites for hydroxylation is 1. The SMILES string of the molecule is Cc1ccc(S(=O)(=O)ONC2=CC(c3ccccc3)c3ccccc32)cc1. The monoisotopic (exact) mass is 377 g/mol. The normalized spacial score (nSPS) is 15.9. The molecule has 1 aliphatic carbocycles. The highest BCUT2D eigenvalue weighted by atomic mass is 32.2. The zero-order valence-corrected chi connectivity index (χ0v) is 15.6.